The molecule has 0 radical (unpaired) electrons. The summed E-state index contributed by atoms with van der Waals surface area (Å²) >= 11 is 0. The Labute approximate surface area is 138 Å². The summed E-state index contributed by atoms with van der Waals surface area (Å²) < 4.78 is 16.3. The largest absolute Gasteiger partial charge is 0.497 e. The van der Waals surface area contributed by atoms with Crippen molar-refractivity contribution < 1.29 is 14.2 Å². The van der Waals surface area contributed by atoms with Crippen LogP contribution in [0.15, 0.2) is 29.3 Å². The molecule has 23 heavy (non-hydrogen) atoms. The summed E-state index contributed by atoms with van der Waals surface area (Å²) in [7, 11) is 3.41. The molecular formula is C17H27N3O3. The third kappa shape index (κ3) is 5.32. The van der Waals surface area contributed by atoms with Crippen LogP contribution < -0.4 is 20.1 Å². The molecule has 1 aliphatic heterocycles. The van der Waals surface area contributed by atoms with Crippen LogP contribution in [0.2, 0.25) is 0 Å². The lowest BCUT2D eigenvalue weighted by Crippen LogP contribution is -2.51. The molecule has 128 valence electrons. The van der Waals surface area contributed by atoms with Crippen LogP contribution in [0.1, 0.15) is 13.8 Å². The molecule has 1 aromatic rings. The van der Waals surface area contributed by atoms with Crippen molar-refractivity contribution in [2.45, 2.75) is 20.0 Å². The van der Waals surface area contributed by atoms with Crippen molar-refractivity contribution in [3.05, 3.63) is 24.3 Å². The van der Waals surface area contributed by atoms with E-state index in [0.717, 1.165) is 37.2 Å². The van der Waals surface area contributed by atoms with E-state index in [4.69, 9.17) is 14.2 Å². The highest BCUT2D eigenvalue weighted by molar-refractivity contribution is 5.79. The molecule has 1 fully saturated rings. The van der Waals surface area contributed by atoms with Crippen LogP contribution in [-0.4, -0.2) is 52.5 Å². The van der Waals surface area contributed by atoms with Crippen LogP contribution in [0.5, 0.6) is 11.5 Å². The van der Waals surface area contributed by atoms with E-state index in [1.807, 2.05) is 31.2 Å². The van der Waals surface area contributed by atoms with Crippen molar-refractivity contribution in [1.29, 1.82) is 0 Å². The molecule has 6 nitrogen and oxygen atoms in total. The first-order valence-corrected chi connectivity index (χ1v) is 7.88. The molecule has 1 saturated heterocycles. The first-order valence-electron chi connectivity index (χ1n) is 7.88. The van der Waals surface area contributed by atoms with Gasteiger partial charge in [-0.3, -0.25) is 4.99 Å². The Morgan fingerprint density at radius 1 is 1.35 bits per heavy atom. The normalized spacial score (nSPS) is 17.8. The first kappa shape index (κ1) is 17.4. The van der Waals surface area contributed by atoms with E-state index >= 15 is 0 Å². The third-order valence-electron chi connectivity index (χ3n) is 3.74. The van der Waals surface area contributed by atoms with Gasteiger partial charge in [-0.2, -0.15) is 0 Å². The predicted molar refractivity (Wildman–Crippen MR) is 91.4 cm³/mol. The van der Waals surface area contributed by atoms with Crippen LogP contribution >= 0.6 is 0 Å². The number of ether oxygens (including phenoxy) is 3. The molecular weight excluding hydrogens is 294 g/mol. The standard InChI is InChI=1S/C17H27N3O3/c1-13(23-15-7-5-6-14(8-15)21-4)9-19-16(18-3)20-10-17(2)11-22-12-17/h5-8,13H,9-12H2,1-4H3,(H2,18,19,20). The van der Waals surface area contributed by atoms with Gasteiger partial charge >= 0.3 is 0 Å². The Morgan fingerprint density at radius 3 is 2.70 bits per heavy atom. The van der Waals surface area contributed by atoms with E-state index in [2.05, 4.69) is 22.5 Å². The van der Waals surface area contributed by atoms with Crippen molar-refractivity contribution >= 4 is 5.96 Å². The van der Waals surface area contributed by atoms with E-state index in [-0.39, 0.29) is 11.5 Å². The maximum Gasteiger partial charge on any atom is 0.191 e. The lowest BCUT2D eigenvalue weighted by molar-refractivity contribution is -0.0971. The number of methoxy groups -OCH3 is 1. The van der Waals surface area contributed by atoms with Gasteiger partial charge in [-0.1, -0.05) is 13.0 Å². The van der Waals surface area contributed by atoms with E-state index in [1.165, 1.54) is 0 Å². The Hall–Kier alpha value is -1.95. The molecule has 0 amide bonds. The Kier molecular flexibility index (Phi) is 6.10. The minimum Gasteiger partial charge on any atom is -0.497 e. The highest BCUT2D eigenvalue weighted by atomic mass is 16.5. The summed E-state index contributed by atoms with van der Waals surface area (Å²) in [4.78, 5) is 4.23. The van der Waals surface area contributed by atoms with Gasteiger partial charge in [0.15, 0.2) is 5.96 Å². The summed E-state index contributed by atoms with van der Waals surface area (Å²) in [5, 5.41) is 6.61. The Balaban J connectivity index is 1.74. The topological polar surface area (TPSA) is 64.1 Å². The van der Waals surface area contributed by atoms with Gasteiger partial charge in [-0.25, -0.2) is 0 Å². The van der Waals surface area contributed by atoms with Crippen LogP contribution in [0.25, 0.3) is 0 Å². The lowest BCUT2D eigenvalue weighted by atomic mass is 9.89. The SMILES string of the molecule is CN=C(NCC(C)Oc1cccc(OC)c1)NCC1(C)COC1. The second-order valence-electron chi connectivity index (χ2n) is 6.22. The fourth-order valence-electron chi connectivity index (χ4n) is 2.26. The highest BCUT2D eigenvalue weighted by Gasteiger charge is 2.33. The fraction of sp³-hybridized carbons (Fsp3) is 0.588. The number of guanidine groups is 1. The predicted octanol–water partition coefficient (Wildman–Crippen LogP) is 1.66. The van der Waals surface area contributed by atoms with Crippen LogP contribution in [0.3, 0.4) is 0 Å². The molecule has 2 rings (SSSR count). The lowest BCUT2D eigenvalue weighted by Gasteiger charge is -2.38. The van der Waals surface area contributed by atoms with Gasteiger partial charge in [0.05, 0.1) is 26.9 Å². The summed E-state index contributed by atoms with van der Waals surface area (Å²) in [5.41, 5.74) is 0.209. The number of hydrogen-bond acceptors (Lipinski definition) is 4. The van der Waals surface area contributed by atoms with E-state index < -0.39 is 0 Å². The van der Waals surface area contributed by atoms with Gasteiger partial charge in [0.25, 0.3) is 0 Å². The zero-order valence-corrected chi connectivity index (χ0v) is 14.4. The Morgan fingerprint density at radius 2 is 2.09 bits per heavy atom. The second kappa shape index (κ2) is 8.06. The number of benzene rings is 1. The smallest absolute Gasteiger partial charge is 0.191 e. The average molecular weight is 321 g/mol. The molecule has 1 aromatic carbocycles. The minimum atomic E-state index is 0.00304. The molecule has 0 saturated carbocycles. The monoisotopic (exact) mass is 321 g/mol. The minimum absolute atomic E-state index is 0.00304. The number of nitrogens with zero attached hydrogens (tertiary/aromatic N) is 1. The van der Waals surface area contributed by atoms with Gasteiger partial charge < -0.3 is 24.8 Å². The molecule has 1 aliphatic rings. The maximum absolute atomic E-state index is 5.88. The Bertz CT molecular complexity index is 530. The van der Waals surface area contributed by atoms with Crippen molar-refractivity contribution in [2.75, 3.05) is 40.5 Å². The van der Waals surface area contributed by atoms with E-state index in [1.54, 1.807) is 14.2 Å². The van der Waals surface area contributed by atoms with Gasteiger partial charge in [-0.15, -0.1) is 0 Å². The molecule has 0 spiro atoms. The summed E-state index contributed by atoms with van der Waals surface area (Å²) in [6, 6.07) is 7.60. The van der Waals surface area contributed by atoms with Gasteiger partial charge in [0, 0.05) is 25.1 Å². The molecule has 0 aromatic heterocycles. The van der Waals surface area contributed by atoms with Crippen LogP contribution in [0, 0.1) is 5.41 Å². The quantitative estimate of drug-likeness (QED) is 0.591. The average Bonchev–Trinajstić information content (AvgIpc) is 2.53. The van der Waals surface area contributed by atoms with Crippen molar-refractivity contribution in [1.82, 2.24) is 10.6 Å². The van der Waals surface area contributed by atoms with Crippen molar-refractivity contribution in [3.8, 4) is 11.5 Å². The molecule has 0 aliphatic carbocycles. The summed E-state index contributed by atoms with van der Waals surface area (Å²) in [5.74, 6) is 2.36. The maximum atomic E-state index is 5.88. The van der Waals surface area contributed by atoms with Crippen molar-refractivity contribution in [2.24, 2.45) is 10.4 Å². The number of rotatable bonds is 7. The molecule has 1 atom stereocenters. The van der Waals surface area contributed by atoms with Crippen LogP contribution in [-0.2, 0) is 4.74 Å². The number of hydrogen-bond donors (Lipinski definition) is 2. The third-order valence-corrected chi connectivity index (χ3v) is 3.74. The highest BCUT2D eigenvalue weighted by Crippen LogP contribution is 2.25. The molecule has 2 N–H and O–H groups in total. The van der Waals surface area contributed by atoms with E-state index in [0.29, 0.717) is 6.54 Å². The summed E-state index contributed by atoms with van der Waals surface area (Å²) in [6.07, 6.45) is 0.00304. The number of nitrogens with one attached hydrogen (secondary N) is 2. The molecule has 1 unspecified atom stereocenters. The second-order valence-corrected chi connectivity index (χ2v) is 6.22. The van der Waals surface area contributed by atoms with Gasteiger partial charge in [0.2, 0.25) is 0 Å². The number of aliphatic imine (C=N–C) groups is 1. The first-order chi connectivity index (χ1) is 11.0. The molecule has 6 heteroatoms. The van der Waals surface area contributed by atoms with E-state index in [9.17, 15) is 0 Å². The van der Waals surface area contributed by atoms with Gasteiger partial charge in [0.1, 0.15) is 17.6 Å². The van der Waals surface area contributed by atoms with Gasteiger partial charge in [-0.05, 0) is 19.1 Å². The van der Waals surface area contributed by atoms with Crippen molar-refractivity contribution in [3.63, 3.8) is 0 Å². The zero-order valence-electron chi connectivity index (χ0n) is 14.4. The fourth-order valence-corrected chi connectivity index (χ4v) is 2.26. The van der Waals surface area contributed by atoms with Crippen LogP contribution in [0.4, 0.5) is 0 Å². The summed E-state index contributed by atoms with van der Waals surface area (Å²) in [6.45, 7) is 7.31. The molecule has 0 bridgehead atoms. The zero-order chi connectivity index (χ0) is 16.7. The molecule has 1 heterocycles.